The average molecular weight is 298 g/mol. The second-order valence-corrected chi connectivity index (χ2v) is 7.14. The Hall–Kier alpha value is -0.410. The van der Waals surface area contributed by atoms with Crippen molar-refractivity contribution in [1.29, 1.82) is 0 Å². The highest BCUT2D eigenvalue weighted by Gasteiger charge is 2.51. The van der Waals surface area contributed by atoms with Crippen LogP contribution in [0.1, 0.15) is 64.2 Å². The molecule has 3 heteroatoms. The number of rotatable bonds is 3. The zero-order valence-electron chi connectivity index (χ0n) is 13.2. The van der Waals surface area contributed by atoms with Crippen molar-refractivity contribution < 1.29 is 14.6 Å². The summed E-state index contributed by atoms with van der Waals surface area (Å²) in [5.74, 6) is 0.688. The van der Waals surface area contributed by atoms with Crippen molar-refractivity contribution in [3.05, 3.63) is 12.2 Å². The van der Waals surface area contributed by atoms with E-state index >= 15 is 0 Å². The lowest BCUT2D eigenvalue weighted by Gasteiger charge is -2.31. The molecule has 21 heavy (non-hydrogen) atoms. The van der Waals surface area contributed by atoms with Gasteiger partial charge in [0, 0.05) is 0 Å². The fraction of sp³-hybridized carbons (Fsp3) is 0.889. The molecule has 0 saturated heterocycles. The number of halogens is 1. The van der Waals surface area contributed by atoms with E-state index in [-0.39, 0.29) is 12.5 Å². The van der Waals surface area contributed by atoms with E-state index < -0.39 is 18.2 Å². The molecule has 0 aliphatic heterocycles. The molecule has 2 rings (SSSR count). The number of aliphatic hydroxyl groups excluding tert-OH is 2. The molecule has 122 valence electrons. The van der Waals surface area contributed by atoms with Gasteiger partial charge < -0.3 is 10.2 Å². The molecular formula is C18H31FO2. The van der Waals surface area contributed by atoms with E-state index in [2.05, 4.69) is 6.58 Å². The van der Waals surface area contributed by atoms with Gasteiger partial charge in [-0.2, -0.15) is 0 Å². The van der Waals surface area contributed by atoms with Crippen LogP contribution in [0.25, 0.3) is 0 Å². The first kappa shape index (κ1) is 17.0. The second kappa shape index (κ2) is 7.73. The van der Waals surface area contributed by atoms with Gasteiger partial charge in [-0.3, -0.25) is 0 Å². The van der Waals surface area contributed by atoms with E-state index in [0.29, 0.717) is 12.3 Å². The Morgan fingerprint density at radius 1 is 1.05 bits per heavy atom. The summed E-state index contributed by atoms with van der Waals surface area (Å²) in [6.45, 7) is 3.06. The summed E-state index contributed by atoms with van der Waals surface area (Å²) in [7, 11) is 0. The zero-order valence-corrected chi connectivity index (χ0v) is 13.2. The molecule has 0 bridgehead atoms. The van der Waals surface area contributed by atoms with Gasteiger partial charge in [-0.05, 0) is 31.1 Å². The predicted octanol–water partition coefficient (Wildman–Crippen LogP) is 4.01. The fourth-order valence-electron chi connectivity index (χ4n) is 4.34. The van der Waals surface area contributed by atoms with Crippen molar-refractivity contribution in [3.63, 3.8) is 0 Å². The summed E-state index contributed by atoms with van der Waals surface area (Å²) in [6.07, 6.45) is 11.1. The van der Waals surface area contributed by atoms with Crippen LogP contribution >= 0.6 is 0 Å². The van der Waals surface area contributed by atoms with Crippen molar-refractivity contribution in [2.24, 2.45) is 17.3 Å². The first-order chi connectivity index (χ1) is 10.2. The smallest absolute Gasteiger partial charge is 0.103 e. The first-order valence-corrected chi connectivity index (χ1v) is 8.70. The van der Waals surface area contributed by atoms with Gasteiger partial charge >= 0.3 is 0 Å². The van der Waals surface area contributed by atoms with Crippen LogP contribution < -0.4 is 0 Å². The standard InChI is InChI=1S/C18H31FO2/c1-14-16(11-17(21)18(14,12-19)13-20)15-9-7-5-3-2-4-6-8-10-15/h15-17,20-21H,1-13H2/t16?,17-,18-/m0/s1. The lowest BCUT2D eigenvalue weighted by atomic mass is 9.76. The minimum absolute atomic E-state index is 0.183. The minimum atomic E-state index is -1.10. The maximum absolute atomic E-state index is 13.5. The lowest BCUT2D eigenvalue weighted by Crippen LogP contribution is -2.37. The van der Waals surface area contributed by atoms with Gasteiger partial charge in [0.05, 0.1) is 18.1 Å². The number of aliphatic hydroxyl groups is 2. The molecule has 0 aromatic carbocycles. The Morgan fingerprint density at radius 2 is 1.57 bits per heavy atom. The van der Waals surface area contributed by atoms with Crippen LogP contribution in [-0.2, 0) is 0 Å². The fourth-order valence-corrected chi connectivity index (χ4v) is 4.34. The molecule has 2 fully saturated rings. The van der Waals surface area contributed by atoms with Gasteiger partial charge in [0.1, 0.15) is 6.67 Å². The van der Waals surface area contributed by atoms with Crippen molar-refractivity contribution in [1.82, 2.24) is 0 Å². The third kappa shape index (κ3) is 3.50. The van der Waals surface area contributed by atoms with Crippen LogP contribution in [-0.4, -0.2) is 29.6 Å². The summed E-state index contributed by atoms with van der Waals surface area (Å²) in [5, 5.41) is 19.9. The SMILES string of the molecule is C=C1C(C2CCCCCCCCC2)C[C@H](O)[C@]1(CO)CF. The first-order valence-electron chi connectivity index (χ1n) is 8.70. The number of alkyl halides is 1. The maximum atomic E-state index is 13.5. The largest absolute Gasteiger partial charge is 0.395 e. The maximum Gasteiger partial charge on any atom is 0.103 e. The highest BCUT2D eigenvalue weighted by atomic mass is 19.1. The van der Waals surface area contributed by atoms with Gasteiger partial charge in [0.25, 0.3) is 0 Å². The van der Waals surface area contributed by atoms with Crippen LogP contribution in [0.5, 0.6) is 0 Å². The molecule has 0 spiro atoms. The van der Waals surface area contributed by atoms with Crippen molar-refractivity contribution >= 4 is 0 Å². The second-order valence-electron chi connectivity index (χ2n) is 7.14. The van der Waals surface area contributed by atoms with Gasteiger partial charge in [-0.15, -0.1) is 0 Å². The molecular weight excluding hydrogens is 267 g/mol. The Morgan fingerprint density at radius 3 is 2.00 bits per heavy atom. The van der Waals surface area contributed by atoms with Crippen molar-refractivity contribution in [3.8, 4) is 0 Å². The molecule has 0 amide bonds. The number of hydrogen-bond donors (Lipinski definition) is 2. The summed E-state index contributed by atoms with van der Waals surface area (Å²) >= 11 is 0. The van der Waals surface area contributed by atoms with Crippen LogP contribution in [0, 0.1) is 17.3 Å². The van der Waals surface area contributed by atoms with Crippen molar-refractivity contribution in [2.45, 2.75) is 70.3 Å². The minimum Gasteiger partial charge on any atom is -0.395 e. The molecule has 1 unspecified atom stereocenters. The van der Waals surface area contributed by atoms with Crippen molar-refractivity contribution in [2.75, 3.05) is 13.3 Å². The van der Waals surface area contributed by atoms with Crippen LogP contribution in [0.4, 0.5) is 4.39 Å². The number of hydrogen-bond acceptors (Lipinski definition) is 2. The third-order valence-electron chi connectivity index (χ3n) is 5.94. The Bertz CT molecular complexity index is 328. The van der Waals surface area contributed by atoms with Gasteiger partial charge in [-0.25, -0.2) is 4.39 Å². The molecule has 2 aliphatic rings. The summed E-state index contributed by atoms with van der Waals surface area (Å²) in [5.41, 5.74) is -0.331. The van der Waals surface area contributed by atoms with Gasteiger partial charge in [0.15, 0.2) is 0 Å². The molecule has 2 N–H and O–H groups in total. The normalized spacial score (nSPS) is 36.8. The molecule has 0 aromatic heterocycles. The third-order valence-corrected chi connectivity index (χ3v) is 5.94. The molecule has 0 radical (unpaired) electrons. The van der Waals surface area contributed by atoms with Crippen LogP contribution in [0.2, 0.25) is 0 Å². The molecule has 2 nitrogen and oxygen atoms in total. The summed E-state index contributed by atoms with van der Waals surface area (Å²) in [6, 6.07) is 0. The van der Waals surface area contributed by atoms with Gasteiger partial charge in [-0.1, -0.05) is 57.1 Å². The molecule has 2 saturated carbocycles. The quantitative estimate of drug-likeness (QED) is 0.773. The summed E-state index contributed by atoms with van der Waals surface area (Å²) < 4.78 is 13.5. The molecule has 3 atom stereocenters. The topological polar surface area (TPSA) is 40.5 Å². The monoisotopic (exact) mass is 298 g/mol. The van der Waals surface area contributed by atoms with E-state index in [4.69, 9.17) is 0 Å². The van der Waals surface area contributed by atoms with E-state index in [1.807, 2.05) is 0 Å². The molecule has 2 aliphatic carbocycles. The average Bonchev–Trinajstić information content (AvgIpc) is 2.76. The zero-order chi connectivity index (χ0) is 15.3. The van der Waals surface area contributed by atoms with E-state index in [1.54, 1.807) is 0 Å². The highest BCUT2D eigenvalue weighted by molar-refractivity contribution is 5.24. The molecule has 0 aromatic rings. The van der Waals surface area contributed by atoms with Crippen LogP contribution in [0.15, 0.2) is 12.2 Å². The van der Waals surface area contributed by atoms with E-state index in [1.165, 1.54) is 44.9 Å². The van der Waals surface area contributed by atoms with E-state index in [0.717, 1.165) is 18.4 Å². The Balaban J connectivity index is 2.06. The molecule has 0 heterocycles. The summed E-state index contributed by atoms with van der Waals surface area (Å²) in [4.78, 5) is 0. The Kier molecular flexibility index (Phi) is 6.24. The Labute approximate surface area is 128 Å². The predicted molar refractivity (Wildman–Crippen MR) is 83.8 cm³/mol. The van der Waals surface area contributed by atoms with Crippen LogP contribution in [0.3, 0.4) is 0 Å². The highest BCUT2D eigenvalue weighted by Crippen LogP contribution is 2.50. The lowest BCUT2D eigenvalue weighted by molar-refractivity contribution is 0.0107. The van der Waals surface area contributed by atoms with Gasteiger partial charge in [0.2, 0.25) is 0 Å². The van der Waals surface area contributed by atoms with E-state index in [9.17, 15) is 14.6 Å².